The molecule has 0 aliphatic carbocycles. The van der Waals surface area contributed by atoms with Crippen LogP contribution >= 0.6 is 0 Å². The van der Waals surface area contributed by atoms with Crippen molar-refractivity contribution in [1.82, 2.24) is 19.5 Å². The fourth-order valence-electron chi connectivity index (χ4n) is 8.38. The first-order chi connectivity index (χ1) is 28.2. The Hall–Kier alpha value is -7.83. The van der Waals surface area contributed by atoms with Crippen molar-refractivity contribution in [2.45, 2.75) is 0 Å². The molecular weight excluding hydrogens is 701 g/mol. The minimum Gasteiger partial charge on any atom is -0.456 e. The van der Waals surface area contributed by atoms with Crippen LogP contribution in [0.1, 0.15) is 0 Å². The number of nitrogens with zero attached hydrogens (tertiary/aromatic N) is 4. The molecule has 0 saturated carbocycles. The van der Waals surface area contributed by atoms with E-state index in [1.807, 2.05) is 72.8 Å². The summed E-state index contributed by atoms with van der Waals surface area (Å²) in [7, 11) is 0. The highest BCUT2D eigenvalue weighted by Gasteiger charge is 2.19. The van der Waals surface area contributed by atoms with E-state index in [1.54, 1.807) is 0 Å². The van der Waals surface area contributed by atoms with Gasteiger partial charge < -0.3 is 13.4 Å². The first-order valence-electron chi connectivity index (χ1n) is 19.0. The van der Waals surface area contributed by atoms with Crippen LogP contribution in [0, 0.1) is 0 Å². The SMILES string of the molecule is c1ccc(-c2nc(-c3ccc4oc5ccccc5c4c3)nc(-c3ccc4oc5c(-c6ccc7c(c6)c6ccccc6n7-c6ccccc6)cccc5c4c3)n2)cc1. The number of fused-ring (bicyclic) bond motifs is 9. The molecule has 4 heterocycles. The van der Waals surface area contributed by atoms with Crippen LogP contribution in [-0.2, 0) is 0 Å². The van der Waals surface area contributed by atoms with Gasteiger partial charge in [-0.3, -0.25) is 0 Å². The molecule has 4 aromatic heterocycles. The van der Waals surface area contributed by atoms with Gasteiger partial charge in [0.15, 0.2) is 17.5 Å². The highest BCUT2D eigenvalue weighted by Crippen LogP contribution is 2.41. The normalized spacial score (nSPS) is 11.9. The lowest BCUT2D eigenvalue weighted by Gasteiger charge is -2.09. The van der Waals surface area contributed by atoms with Crippen LogP contribution in [0.4, 0.5) is 0 Å². The molecule has 0 bridgehead atoms. The Kier molecular flexibility index (Phi) is 6.83. The number of benzene rings is 8. The third-order valence-electron chi connectivity index (χ3n) is 11.1. The molecule has 266 valence electrons. The summed E-state index contributed by atoms with van der Waals surface area (Å²) in [5.74, 6) is 1.79. The summed E-state index contributed by atoms with van der Waals surface area (Å²) in [5, 5.41) is 6.52. The predicted octanol–water partition coefficient (Wildman–Crippen LogP) is 13.4. The highest BCUT2D eigenvalue weighted by atomic mass is 16.3. The summed E-state index contributed by atoms with van der Waals surface area (Å²) >= 11 is 0. The number of rotatable bonds is 5. The summed E-state index contributed by atoms with van der Waals surface area (Å²) in [5.41, 5.74) is 11.6. The van der Waals surface area contributed by atoms with Gasteiger partial charge >= 0.3 is 0 Å². The molecule has 0 spiro atoms. The van der Waals surface area contributed by atoms with Crippen molar-refractivity contribution in [1.29, 1.82) is 0 Å². The van der Waals surface area contributed by atoms with Gasteiger partial charge in [0, 0.05) is 60.3 Å². The van der Waals surface area contributed by atoms with Gasteiger partial charge in [-0.05, 0) is 78.4 Å². The first-order valence-corrected chi connectivity index (χ1v) is 19.0. The minimum atomic E-state index is 0.587. The third kappa shape index (κ3) is 5.01. The van der Waals surface area contributed by atoms with Crippen LogP contribution in [0.2, 0.25) is 0 Å². The number of hydrogen-bond donors (Lipinski definition) is 0. The fraction of sp³-hybridized carbons (Fsp3) is 0. The lowest BCUT2D eigenvalue weighted by Crippen LogP contribution is -2.00. The molecule has 12 aromatic rings. The topological polar surface area (TPSA) is 69.9 Å². The van der Waals surface area contributed by atoms with Gasteiger partial charge in [0.05, 0.1) is 11.0 Å². The second-order valence-corrected chi connectivity index (χ2v) is 14.4. The summed E-state index contributed by atoms with van der Waals surface area (Å²) in [6.07, 6.45) is 0. The Morgan fingerprint density at radius 1 is 0.333 bits per heavy atom. The molecule has 0 unspecified atom stereocenters. The van der Waals surface area contributed by atoms with E-state index in [9.17, 15) is 0 Å². The number of furan rings is 2. The first kappa shape index (κ1) is 31.5. The van der Waals surface area contributed by atoms with Crippen molar-refractivity contribution in [3.05, 3.63) is 182 Å². The van der Waals surface area contributed by atoms with Crippen molar-refractivity contribution in [3.8, 4) is 51.0 Å². The lowest BCUT2D eigenvalue weighted by atomic mass is 10.00. The average molecular weight is 731 g/mol. The van der Waals surface area contributed by atoms with Crippen molar-refractivity contribution in [2.75, 3.05) is 0 Å². The van der Waals surface area contributed by atoms with E-state index >= 15 is 0 Å². The molecule has 0 N–H and O–H groups in total. The van der Waals surface area contributed by atoms with Crippen LogP contribution < -0.4 is 0 Å². The monoisotopic (exact) mass is 730 g/mol. The Labute approximate surface area is 325 Å². The smallest absolute Gasteiger partial charge is 0.164 e. The molecule has 0 radical (unpaired) electrons. The Morgan fingerprint density at radius 2 is 0.877 bits per heavy atom. The van der Waals surface area contributed by atoms with Crippen LogP contribution in [-0.4, -0.2) is 19.5 Å². The van der Waals surface area contributed by atoms with E-state index in [4.69, 9.17) is 23.8 Å². The molecule has 0 saturated heterocycles. The highest BCUT2D eigenvalue weighted by molar-refractivity contribution is 6.14. The van der Waals surface area contributed by atoms with Gasteiger partial charge in [0.25, 0.3) is 0 Å². The van der Waals surface area contributed by atoms with E-state index in [2.05, 4.69) is 114 Å². The van der Waals surface area contributed by atoms with E-state index in [0.29, 0.717) is 17.5 Å². The second-order valence-electron chi connectivity index (χ2n) is 14.4. The molecular formula is C51H30N4O2. The van der Waals surface area contributed by atoms with E-state index in [0.717, 1.165) is 82.9 Å². The quantitative estimate of drug-likeness (QED) is 0.176. The summed E-state index contributed by atoms with van der Waals surface area (Å²) in [4.78, 5) is 15.1. The molecule has 0 aliphatic rings. The third-order valence-corrected chi connectivity index (χ3v) is 11.1. The van der Waals surface area contributed by atoms with Crippen LogP contribution in [0.5, 0.6) is 0 Å². The zero-order valence-corrected chi connectivity index (χ0v) is 30.4. The fourth-order valence-corrected chi connectivity index (χ4v) is 8.38. The van der Waals surface area contributed by atoms with Crippen LogP contribution in [0.25, 0.3) is 117 Å². The van der Waals surface area contributed by atoms with Crippen LogP contribution in [0.15, 0.2) is 191 Å². The molecule has 0 atom stereocenters. The predicted molar refractivity (Wildman–Crippen MR) is 230 cm³/mol. The molecule has 0 aliphatic heterocycles. The number of para-hydroxylation sites is 4. The molecule has 0 amide bonds. The molecule has 6 nitrogen and oxygen atoms in total. The van der Waals surface area contributed by atoms with Gasteiger partial charge in [0.2, 0.25) is 0 Å². The van der Waals surface area contributed by atoms with Gasteiger partial charge in [-0.15, -0.1) is 0 Å². The number of hydrogen-bond acceptors (Lipinski definition) is 5. The maximum absolute atomic E-state index is 6.69. The Bertz CT molecular complexity index is 3530. The molecule has 8 aromatic carbocycles. The van der Waals surface area contributed by atoms with E-state index in [1.165, 1.54) is 16.3 Å². The summed E-state index contributed by atoms with van der Waals surface area (Å²) < 4.78 is 15.2. The Morgan fingerprint density at radius 3 is 1.65 bits per heavy atom. The standard InChI is InChI=1S/C51H30N4O2/c1-3-12-31(13-4-1)49-52-50(33-23-26-46-41(29-33)38-17-8-10-21-45(38)56-46)54-51(53-49)34-24-27-47-42(30-34)39-19-11-18-36(48(39)57-47)32-22-25-44-40(28-32)37-16-7-9-20-43(37)55(44)35-14-5-2-6-15-35/h1-30H. The molecule has 57 heavy (non-hydrogen) atoms. The zero-order chi connectivity index (χ0) is 37.5. The van der Waals surface area contributed by atoms with Crippen molar-refractivity contribution in [3.63, 3.8) is 0 Å². The van der Waals surface area contributed by atoms with Gasteiger partial charge in [0.1, 0.15) is 22.3 Å². The summed E-state index contributed by atoms with van der Waals surface area (Å²) in [6, 6.07) is 62.8. The average Bonchev–Trinajstić information content (AvgIpc) is 3.95. The molecule has 6 heteroatoms. The van der Waals surface area contributed by atoms with Gasteiger partial charge in [-0.1, -0.05) is 109 Å². The van der Waals surface area contributed by atoms with Crippen molar-refractivity contribution < 1.29 is 8.83 Å². The maximum atomic E-state index is 6.69. The maximum Gasteiger partial charge on any atom is 0.164 e. The largest absolute Gasteiger partial charge is 0.456 e. The van der Waals surface area contributed by atoms with Gasteiger partial charge in [-0.25, -0.2) is 15.0 Å². The van der Waals surface area contributed by atoms with Crippen molar-refractivity contribution >= 4 is 65.7 Å². The summed E-state index contributed by atoms with van der Waals surface area (Å²) in [6.45, 7) is 0. The van der Waals surface area contributed by atoms with Crippen LogP contribution in [0.3, 0.4) is 0 Å². The van der Waals surface area contributed by atoms with Gasteiger partial charge in [-0.2, -0.15) is 0 Å². The van der Waals surface area contributed by atoms with E-state index in [-0.39, 0.29) is 0 Å². The van der Waals surface area contributed by atoms with Crippen molar-refractivity contribution in [2.24, 2.45) is 0 Å². The molecule has 12 rings (SSSR count). The minimum absolute atomic E-state index is 0.587. The molecule has 0 fully saturated rings. The van der Waals surface area contributed by atoms with E-state index < -0.39 is 0 Å². The Balaban J connectivity index is 1.00. The lowest BCUT2D eigenvalue weighted by molar-refractivity contribution is 0.669. The zero-order valence-electron chi connectivity index (χ0n) is 30.4. The second kappa shape index (κ2) is 12.3. The number of aromatic nitrogens is 4.